The summed E-state index contributed by atoms with van der Waals surface area (Å²) in [6, 6.07) is 0. The summed E-state index contributed by atoms with van der Waals surface area (Å²) in [5, 5.41) is 9.70. The summed E-state index contributed by atoms with van der Waals surface area (Å²) in [6.45, 7) is 3.18. The minimum Gasteiger partial charge on any atom is -0.303 e. The molecule has 0 aromatic carbocycles. The summed E-state index contributed by atoms with van der Waals surface area (Å²) in [4.78, 5) is 9.69. The van der Waals surface area contributed by atoms with E-state index in [1.54, 1.807) is 0 Å². The van der Waals surface area contributed by atoms with Crippen LogP contribution in [0.25, 0.3) is 0 Å². The van der Waals surface area contributed by atoms with Crippen LogP contribution in [0.5, 0.6) is 0 Å². The van der Waals surface area contributed by atoms with Gasteiger partial charge in [0.25, 0.3) is 0 Å². The Morgan fingerprint density at radius 2 is 2.29 bits per heavy atom. The summed E-state index contributed by atoms with van der Waals surface area (Å²) in [5.41, 5.74) is 0. The molecular formula is C5H8O2. The number of rotatable bonds is 3. The minimum absolute atomic E-state index is 0.201. The molecule has 0 aromatic heterocycles. The zero-order valence-corrected chi connectivity index (χ0v) is 4.09. The third kappa shape index (κ3) is 3.46. The molecule has 0 aliphatic heterocycles. The highest BCUT2D eigenvalue weighted by Crippen LogP contribution is 1.92. The Morgan fingerprint density at radius 1 is 1.71 bits per heavy atom. The molecule has 0 fully saturated rings. The van der Waals surface area contributed by atoms with E-state index in [1.165, 1.54) is 0 Å². The Labute approximate surface area is 43.2 Å². The van der Waals surface area contributed by atoms with E-state index in [0.717, 1.165) is 0 Å². The predicted molar refractivity (Wildman–Crippen MR) is 25.1 cm³/mol. The van der Waals surface area contributed by atoms with Gasteiger partial charge < -0.3 is 4.79 Å². The maximum absolute atomic E-state index is 9.70. The zero-order chi connectivity index (χ0) is 5.70. The van der Waals surface area contributed by atoms with Crippen molar-refractivity contribution in [1.29, 1.82) is 0 Å². The molecule has 2 radical (unpaired) electrons. The molecule has 0 saturated heterocycles. The van der Waals surface area contributed by atoms with Crippen LogP contribution in [0.15, 0.2) is 0 Å². The van der Waals surface area contributed by atoms with Gasteiger partial charge in [0.15, 0.2) is 0 Å². The van der Waals surface area contributed by atoms with Crippen molar-refractivity contribution in [3.63, 3.8) is 0 Å². The predicted octanol–water partition coefficient (Wildman–Crippen LogP) is 0.456. The monoisotopic (exact) mass is 100 g/mol. The second-order valence-corrected chi connectivity index (χ2v) is 1.39. The van der Waals surface area contributed by atoms with Crippen LogP contribution in [0.1, 0.15) is 6.42 Å². The first kappa shape index (κ1) is 6.63. The Kier molecular flexibility index (Phi) is 3.61. The summed E-state index contributed by atoms with van der Waals surface area (Å²) < 4.78 is 0. The van der Waals surface area contributed by atoms with Crippen molar-refractivity contribution in [1.82, 2.24) is 0 Å². The van der Waals surface area contributed by atoms with Crippen LogP contribution in [-0.4, -0.2) is 12.9 Å². The summed E-state index contributed by atoms with van der Waals surface area (Å²) in [6.07, 6.45) is 1.06. The first-order valence-electron chi connectivity index (χ1n) is 2.17. The maximum atomic E-state index is 9.70. The van der Waals surface area contributed by atoms with Crippen LogP contribution in [0.3, 0.4) is 0 Å². The smallest absolute Gasteiger partial charge is 0.123 e. The van der Waals surface area contributed by atoms with Gasteiger partial charge in [-0.2, -0.15) is 0 Å². The van der Waals surface area contributed by atoms with Crippen molar-refractivity contribution in [2.24, 2.45) is 5.92 Å². The fourth-order valence-corrected chi connectivity index (χ4v) is 0.219. The highest BCUT2D eigenvalue weighted by molar-refractivity contribution is 5.54. The number of carbonyl (C=O) groups excluding carboxylic acids is 1. The molecule has 1 atom stereocenters. The fourth-order valence-electron chi connectivity index (χ4n) is 0.219. The van der Waals surface area contributed by atoms with E-state index in [1.807, 2.05) is 0 Å². The number of aldehydes is 1. The fraction of sp³-hybridized carbons (Fsp3) is 0.600. The molecule has 0 aromatic rings. The van der Waals surface area contributed by atoms with E-state index in [0.29, 0.717) is 12.7 Å². The lowest BCUT2D eigenvalue weighted by Gasteiger charge is -1.92. The third-order valence-electron chi connectivity index (χ3n) is 0.681. The molecule has 0 amide bonds. The van der Waals surface area contributed by atoms with Crippen LogP contribution in [0.4, 0.5) is 0 Å². The molecule has 0 aliphatic carbocycles. The Bertz CT molecular complexity index is 52.0. The first-order valence-corrected chi connectivity index (χ1v) is 2.17. The standard InChI is InChI=1S/C5H8O2/c1-5(4-7)2-3-6/h4-5H,1-3H2. The third-order valence-corrected chi connectivity index (χ3v) is 0.681. The van der Waals surface area contributed by atoms with Crippen molar-refractivity contribution in [3.8, 4) is 0 Å². The Balaban J connectivity index is 2.98. The van der Waals surface area contributed by atoms with Crippen LogP contribution in [0, 0.1) is 12.8 Å². The zero-order valence-electron chi connectivity index (χ0n) is 4.09. The van der Waals surface area contributed by atoms with Crippen LogP contribution < -0.4 is 0 Å². The van der Waals surface area contributed by atoms with Crippen molar-refractivity contribution in [2.45, 2.75) is 6.42 Å². The van der Waals surface area contributed by atoms with Gasteiger partial charge in [0.05, 0.1) is 6.61 Å². The van der Waals surface area contributed by atoms with Gasteiger partial charge in [-0.3, -0.25) is 0 Å². The largest absolute Gasteiger partial charge is 0.303 e. The Morgan fingerprint density at radius 3 is 2.43 bits per heavy atom. The summed E-state index contributed by atoms with van der Waals surface area (Å²) in [7, 11) is 0. The minimum atomic E-state index is -0.294. The van der Waals surface area contributed by atoms with Gasteiger partial charge >= 0.3 is 0 Å². The highest BCUT2D eigenvalue weighted by atomic mass is 16.3. The molecular weight excluding hydrogens is 92.1 g/mol. The van der Waals surface area contributed by atoms with E-state index in [-0.39, 0.29) is 12.5 Å². The summed E-state index contributed by atoms with van der Waals surface area (Å²) >= 11 is 0. The van der Waals surface area contributed by atoms with Gasteiger partial charge in [-0.1, -0.05) is 0 Å². The SMILES string of the molecule is [CH2]C(C=O)CC[O]. The van der Waals surface area contributed by atoms with E-state index >= 15 is 0 Å². The van der Waals surface area contributed by atoms with Crippen molar-refractivity contribution in [2.75, 3.05) is 6.61 Å². The van der Waals surface area contributed by atoms with Crippen LogP contribution >= 0.6 is 0 Å². The quantitative estimate of drug-likeness (QED) is 0.474. The molecule has 0 bridgehead atoms. The Hall–Kier alpha value is -0.370. The number of hydrogen-bond donors (Lipinski definition) is 0. The van der Waals surface area contributed by atoms with Crippen molar-refractivity contribution < 1.29 is 9.90 Å². The lowest BCUT2D eigenvalue weighted by atomic mass is 10.1. The molecule has 1 unspecified atom stereocenters. The first-order chi connectivity index (χ1) is 3.31. The normalized spacial score (nSPS) is 13.4. The van der Waals surface area contributed by atoms with Crippen LogP contribution in [-0.2, 0) is 9.90 Å². The van der Waals surface area contributed by atoms with Crippen LogP contribution in [0.2, 0.25) is 0 Å². The molecule has 7 heavy (non-hydrogen) atoms. The summed E-state index contributed by atoms with van der Waals surface area (Å²) in [5.74, 6) is -0.294. The maximum Gasteiger partial charge on any atom is 0.123 e. The molecule has 0 spiro atoms. The van der Waals surface area contributed by atoms with E-state index < -0.39 is 0 Å². The van der Waals surface area contributed by atoms with Gasteiger partial charge in [0.1, 0.15) is 6.29 Å². The number of carbonyl (C=O) groups is 1. The second-order valence-electron chi connectivity index (χ2n) is 1.39. The average molecular weight is 100 g/mol. The molecule has 0 saturated carbocycles. The van der Waals surface area contributed by atoms with Crippen molar-refractivity contribution in [3.05, 3.63) is 6.92 Å². The molecule has 2 heteroatoms. The van der Waals surface area contributed by atoms with Gasteiger partial charge in [0.2, 0.25) is 0 Å². The van der Waals surface area contributed by atoms with Gasteiger partial charge in [-0.15, -0.1) is 0 Å². The van der Waals surface area contributed by atoms with E-state index in [4.69, 9.17) is 0 Å². The lowest BCUT2D eigenvalue weighted by molar-refractivity contribution is -0.110. The topological polar surface area (TPSA) is 37.0 Å². The van der Waals surface area contributed by atoms with Gasteiger partial charge in [0, 0.05) is 5.92 Å². The highest BCUT2D eigenvalue weighted by Gasteiger charge is 1.95. The molecule has 0 N–H and O–H groups in total. The average Bonchev–Trinajstić information content (AvgIpc) is 1.68. The van der Waals surface area contributed by atoms with E-state index in [9.17, 15) is 9.90 Å². The van der Waals surface area contributed by atoms with Gasteiger partial charge in [-0.05, 0) is 13.3 Å². The molecule has 2 nitrogen and oxygen atoms in total. The van der Waals surface area contributed by atoms with Crippen molar-refractivity contribution >= 4 is 6.29 Å². The van der Waals surface area contributed by atoms with Gasteiger partial charge in [-0.25, -0.2) is 5.11 Å². The van der Waals surface area contributed by atoms with E-state index in [2.05, 4.69) is 6.92 Å². The molecule has 0 rings (SSSR count). The lowest BCUT2D eigenvalue weighted by Crippen LogP contribution is -1.97. The second kappa shape index (κ2) is 3.81. The molecule has 0 aliphatic rings. The molecule has 0 heterocycles. The number of hydrogen-bond acceptors (Lipinski definition) is 1. The molecule has 40 valence electrons.